The summed E-state index contributed by atoms with van der Waals surface area (Å²) in [7, 11) is 2.13. The Morgan fingerprint density at radius 3 is 2.89 bits per heavy atom. The first-order valence-corrected chi connectivity index (χ1v) is 7.52. The van der Waals surface area contributed by atoms with Gasteiger partial charge < -0.3 is 9.47 Å². The summed E-state index contributed by atoms with van der Waals surface area (Å²) in [5.74, 6) is 0. The van der Waals surface area contributed by atoms with Gasteiger partial charge in [-0.1, -0.05) is 18.2 Å². The van der Waals surface area contributed by atoms with Crippen LogP contribution < -0.4 is 0 Å². The predicted octanol–water partition coefficient (Wildman–Crippen LogP) is 2.26. The first kappa shape index (κ1) is 13.9. The highest BCUT2D eigenvalue weighted by Crippen LogP contribution is 2.21. The summed E-state index contributed by atoms with van der Waals surface area (Å²) in [5.41, 5.74) is 1.38. The van der Waals surface area contributed by atoms with E-state index in [0.717, 1.165) is 26.3 Å². The molecule has 100 valence electrons. The molecule has 1 saturated heterocycles. The van der Waals surface area contributed by atoms with E-state index in [-0.39, 0.29) is 6.10 Å². The Labute approximate surface area is 113 Å². The minimum absolute atomic E-state index is 0.213. The lowest BCUT2D eigenvalue weighted by molar-refractivity contribution is -0.0963. The first-order valence-electron chi connectivity index (χ1n) is 6.29. The van der Waals surface area contributed by atoms with Crippen molar-refractivity contribution >= 4 is 11.8 Å². The topological polar surface area (TPSA) is 21.7 Å². The van der Waals surface area contributed by atoms with Crippen molar-refractivity contribution in [2.75, 3.05) is 39.7 Å². The van der Waals surface area contributed by atoms with Crippen molar-refractivity contribution in [2.24, 2.45) is 0 Å². The molecule has 1 aromatic rings. The molecule has 1 aliphatic heterocycles. The third-order valence-electron chi connectivity index (χ3n) is 3.03. The molecule has 0 saturated carbocycles. The Kier molecular flexibility index (Phi) is 5.50. The van der Waals surface area contributed by atoms with Gasteiger partial charge in [-0.15, -0.1) is 11.8 Å². The van der Waals surface area contributed by atoms with E-state index in [1.807, 2.05) is 0 Å². The molecule has 0 N–H and O–H groups in total. The van der Waals surface area contributed by atoms with Gasteiger partial charge >= 0.3 is 0 Å². The molecule has 0 aliphatic carbocycles. The summed E-state index contributed by atoms with van der Waals surface area (Å²) in [6.07, 6.45) is 2.34. The van der Waals surface area contributed by atoms with Gasteiger partial charge in [-0.05, 0) is 24.9 Å². The number of rotatable bonds is 5. The van der Waals surface area contributed by atoms with Crippen LogP contribution in [0.5, 0.6) is 0 Å². The maximum absolute atomic E-state index is 5.67. The number of hydrogen-bond acceptors (Lipinski definition) is 4. The molecule has 1 atom stereocenters. The SMILES string of the molecule is CSc1ccccc1CN(C)C[C@@H]1COCCO1. The quantitative estimate of drug-likeness (QED) is 0.763. The lowest BCUT2D eigenvalue weighted by atomic mass is 10.2. The van der Waals surface area contributed by atoms with Gasteiger partial charge in [0.05, 0.1) is 25.9 Å². The van der Waals surface area contributed by atoms with Crippen LogP contribution in [0, 0.1) is 0 Å². The second-order valence-electron chi connectivity index (χ2n) is 4.58. The Morgan fingerprint density at radius 2 is 2.17 bits per heavy atom. The highest BCUT2D eigenvalue weighted by atomic mass is 32.2. The van der Waals surface area contributed by atoms with Gasteiger partial charge in [0, 0.05) is 18.0 Å². The Morgan fingerprint density at radius 1 is 1.33 bits per heavy atom. The zero-order valence-electron chi connectivity index (χ0n) is 11.1. The lowest BCUT2D eigenvalue weighted by Crippen LogP contribution is -2.38. The van der Waals surface area contributed by atoms with Crippen LogP contribution in [0.2, 0.25) is 0 Å². The second kappa shape index (κ2) is 7.14. The van der Waals surface area contributed by atoms with Crippen molar-refractivity contribution in [3.63, 3.8) is 0 Å². The number of likely N-dealkylation sites (N-methyl/N-ethyl adjacent to an activating group) is 1. The van der Waals surface area contributed by atoms with Crippen molar-refractivity contribution in [1.82, 2.24) is 4.90 Å². The molecule has 0 unspecified atom stereocenters. The normalized spacial score (nSPS) is 20.3. The predicted molar refractivity (Wildman–Crippen MR) is 75.1 cm³/mol. The van der Waals surface area contributed by atoms with Gasteiger partial charge in [0.2, 0.25) is 0 Å². The van der Waals surface area contributed by atoms with Crippen molar-refractivity contribution in [3.8, 4) is 0 Å². The van der Waals surface area contributed by atoms with Crippen LogP contribution in [0.4, 0.5) is 0 Å². The largest absolute Gasteiger partial charge is 0.376 e. The summed E-state index contributed by atoms with van der Waals surface area (Å²) in [4.78, 5) is 3.65. The van der Waals surface area contributed by atoms with E-state index in [0.29, 0.717) is 6.61 Å². The fourth-order valence-corrected chi connectivity index (χ4v) is 2.79. The number of thioether (sulfide) groups is 1. The van der Waals surface area contributed by atoms with E-state index in [2.05, 4.69) is 42.5 Å². The molecule has 2 rings (SSSR count). The number of hydrogen-bond donors (Lipinski definition) is 0. The van der Waals surface area contributed by atoms with E-state index < -0.39 is 0 Å². The zero-order chi connectivity index (χ0) is 12.8. The Balaban J connectivity index is 1.87. The van der Waals surface area contributed by atoms with E-state index in [4.69, 9.17) is 9.47 Å². The van der Waals surface area contributed by atoms with Crippen molar-refractivity contribution in [1.29, 1.82) is 0 Å². The number of benzene rings is 1. The maximum atomic E-state index is 5.67. The Hall–Kier alpha value is -0.550. The smallest absolute Gasteiger partial charge is 0.0936 e. The van der Waals surface area contributed by atoms with Crippen LogP contribution in [0.15, 0.2) is 29.2 Å². The van der Waals surface area contributed by atoms with Crippen LogP contribution in [0.1, 0.15) is 5.56 Å². The van der Waals surface area contributed by atoms with Crippen molar-refractivity contribution < 1.29 is 9.47 Å². The molecule has 1 heterocycles. The average molecular weight is 267 g/mol. The highest BCUT2D eigenvalue weighted by Gasteiger charge is 2.16. The Bertz CT molecular complexity index is 367. The minimum atomic E-state index is 0.213. The number of nitrogens with zero attached hydrogens (tertiary/aromatic N) is 1. The first-order chi connectivity index (χ1) is 8.79. The van der Waals surface area contributed by atoms with Gasteiger partial charge in [0.15, 0.2) is 0 Å². The summed E-state index contributed by atoms with van der Waals surface area (Å²) in [6, 6.07) is 8.56. The molecule has 0 spiro atoms. The van der Waals surface area contributed by atoms with Gasteiger partial charge in [0.1, 0.15) is 0 Å². The molecule has 18 heavy (non-hydrogen) atoms. The molecular formula is C14H21NO2S. The van der Waals surface area contributed by atoms with E-state index >= 15 is 0 Å². The molecule has 1 aliphatic rings. The molecule has 1 aromatic carbocycles. The standard InChI is InChI=1S/C14H21NO2S/c1-15(10-13-11-16-7-8-17-13)9-12-5-3-4-6-14(12)18-2/h3-6,13H,7-11H2,1-2H3/t13-/m1/s1. The molecule has 4 heteroatoms. The summed E-state index contributed by atoms with van der Waals surface area (Å²) in [5, 5.41) is 0. The summed E-state index contributed by atoms with van der Waals surface area (Å²) in [6.45, 7) is 4.05. The maximum Gasteiger partial charge on any atom is 0.0936 e. The van der Waals surface area contributed by atoms with Crippen LogP contribution in [0.25, 0.3) is 0 Å². The monoisotopic (exact) mass is 267 g/mol. The van der Waals surface area contributed by atoms with Gasteiger partial charge in [-0.2, -0.15) is 0 Å². The van der Waals surface area contributed by atoms with Crippen LogP contribution in [-0.4, -0.2) is 50.7 Å². The molecule has 0 bridgehead atoms. The second-order valence-corrected chi connectivity index (χ2v) is 5.42. The number of ether oxygens (including phenoxy) is 2. The molecule has 0 aromatic heterocycles. The van der Waals surface area contributed by atoms with Crippen LogP contribution in [-0.2, 0) is 16.0 Å². The summed E-state index contributed by atoms with van der Waals surface area (Å²) < 4.78 is 11.1. The molecule has 3 nitrogen and oxygen atoms in total. The lowest BCUT2D eigenvalue weighted by Gasteiger charge is -2.27. The van der Waals surface area contributed by atoms with E-state index in [1.54, 1.807) is 11.8 Å². The van der Waals surface area contributed by atoms with E-state index in [9.17, 15) is 0 Å². The molecule has 1 fully saturated rings. The van der Waals surface area contributed by atoms with Crippen LogP contribution >= 0.6 is 11.8 Å². The minimum Gasteiger partial charge on any atom is -0.376 e. The van der Waals surface area contributed by atoms with E-state index in [1.165, 1.54) is 10.5 Å². The zero-order valence-corrected chi connectivity index (χ0v) is 11.9. The fourth-order valence-electron chi connectivity index (χ4n) is 2.18. The van der Waals surface area contributed by atoms with Crippen molar-refractivity contribution in [3.05, 3.63) is 29.8 Å². The summed E-state index contributed by atoms with van der Waals surface area (Å²) >= 11 is 1.80. The van der Waals surface area contributed by atoms with Gasteiger partial charge in [-0.3, -0.25) is 4.90 Å². The van der Waals surface area contributed by atoms with Gasteiger partial charge in [0.25, 0.3) is 0 Å². The molecule has 0 radical (unpaired) electrons. The molecule has 0 amide bonds. The van der Waals surface area contributed by atoms with Crippen LogP contribution in [0.3, 0.4) is 0 Å². The van der Waals surface area contributed by atoms with Crippen molar-refractivity contribution in [2.45, 2.75) is 17.5 Å². The highest BCUT2D eigenvalue weighted by molar-refractivity contribution is 7.98. The third kappa shape index (κ3) is 3.99. The third-order valence-corrected chi connectivity index (χ3v) is 3.87. The fraction of sp³-hybridized carbons (Fsp3) is 0.571. The average Bonchev–Trinajstić information content (AvgIpc) is 2.40. The molecular weight excluding hydrogens is 246 g/mol. The van der Waals surface area contributed by atoms with Gasteiger partial charge in [-0.25, -0.2) is 0 Å².